The highest BCUT2D eigenvalue weighted by atomic mass is 32.1. The van der Waals surface area contributed by atoms with Gasteiger partial charge in [0.2, 0.25) is 0 Å². The van der Waals surface area contributed by atoms with Gasteiger partial charge in [-0.1, -0.05) is 12.1 Å². The van der Waals surface area contributed by atoms with Crippen LogP contribution in [0.25, 0.3) is 10.4 Å². The van der Waals surface area contributed by atoms with Crippen LogP contribution in [-0.4, -0.2) is 65.4 Å². The SMILES string of the molecule is CC(C)(C)OC(=O)Nc1ccc(-c2cccs2)cc1NC(=O)c1ccc(N2CCN(C(=O)OC(C)(C)C)CC2)nc1. The molecule has 3 aromatic rings. The maximum Gasteiger partial charge on any atom is 0.412 e. The van der Waals surface area contributed by atoms with E-state index in [1.165, 1.54) is 6.20 Å². The zero-order valence-corrected chi connectivity index (χ0v) is 25.1. The van der Waals surface area contributed by atoms with Crippen molar-refractivity contribution in [3.63, 3.8) is 0 Å². The number of amides is 3. The van der Waals surface area contributed by atoms with Crippen LogP contribution in [0.4, 0.5) is 26.8 Å². The minimum absolute atomic E-state index is 0.319. The van der Waals surface area contributed by atoms with Gasteiger partial charge in [0.15, 0.2) is 0 Å². The molecule has 2 N–H and O–H groups in total. The van der Waals surface area contributed by atoms with E-state index in [-0.39, 0.29) is 12.0 Å². The van der Waals surface area contributed by atoms with Crippen molar-refractivity contribution in [3.05, 3.63) is 59.6 Å². The van der Waals surface area contributed by atoms with Crippen molar-refractivity contribution in [1.29, 1.82) is 0 Å². The lowest BCUT2D eigenvalue weighted by Gasteiger charge is -2.36. The first-order valence-electron chi connectivity index (χ1n) is 13.5. The Bertz CT molecular complexity index is 1370. The fourth-order valence-corrected chi connectivity index (χ4v) is 4.84. The average molecular weight is 580 g/mol. The number of benzene rings is 1. The second-order valence-electron chi connectivity index (χ2n) is 11.7. The van der Waals surface area contributed by atoms with Crippen molar-refractivity contribution in [2.75, 3.05) is 41.7 Å². The van der Waals surface area contributed by atoms with Gasteiger partial charge < -0.3 is 24.6 Å². The minimum atomic E-state index is -0.666. The van der Waals surface area contributed by atoms with Crippen molar-refractivity contribution in [2.45, 2.75) is 52.7 Å². The zero-order valence-electron chi connectivity index (χ0n) is 24.3. The lowest BCUT2D eigenvalue weighted by molar-refractivity contribution is 0.0240. The summed E-state index contributed by atoms with van der Waals surface area (Å²) >= 11 is 1.58. The van der Waals surface area contributed by atoms with Crippen LogP contribution in [0.5, 0.6) is 0 Å². The number of nitrogens with one attached hydrogen (secondary N) is 2. The number of piperazine rings is 1. The molecule has 11 heteroatoms. The number of nitrogens with zero attached hydrogens (tertiary/aromatic N) is 3. The molecule has 41 heavy (non-hydrogen) atoms. The number of thiophene rings is 1. The largest absolute Gasteiger partial charge is 0.444 e. The van der Waals surface area contributed by atoms with Crippen LogP contribution in [0.15, 0.2) is 54.0 Å². The molecule has 218 valence electrons. The van der Waals surface area contributed by atoms with Gasteiger partial charge in [-0.15, -0.1) is 11.3 Å². The van der Waals surface area contributed by atoms with E-state index in [1.54, 1.807) is 55.2 Å². The second-order valence-corrected chi connectivity index (χ2v) is 12.6. The van der Waals surface area contributed by atoms with E-state index in [0.717, 1.165) is 16.3 Å². The summed E-state index contributed by atoms with van der Waals surface area (Å²) in [5, 5.41) is 7.63. The summed E-state index contributed by atoms with van der Waals surface area (Å²) in [6.07, 6.45) is 0.588. The van der Waals surface area contributed by atoms with E-state index in [9.17, 15) is 14.4 Å². The van der Waals surface area contributed by atoms with Crippen molar-refractivity contribution in [1.82, 2.24) is 9.88 Å². The number of rotatable bonds is 5. The van der Waals surface area contributed by atoms with Crippen LogP contribution in [0.3, 0.4) is 0 Å². The summed E-state index contributed by atoms with van der Waals surface area (Å²) in [5.74, 6) is 0.353. The molecule has 0 spiro atoms. The van der Waals surface area contributed by atoms with Crippen LogP contribution in [-0.2, 0) is 9.47 Å². The number of pyridine rings is 1. The lowest BCUT2D eigenvalue weighted by Crippen LogP contribution is -2.50. The Balaban J connectivity index is 1.44. The highest BCUT2D eigenvalue weighted by Gasteiger charge is 2.26. The Kier molecular flexibility index (Phi) is 8.86. The Morgan fingerprint density at radius 1 is 0.854 bits per heavy atom. The molecule has 0 bridgehead atoms. The molecule has 10 nitrogen and oxygen atoms in total. The first kappa shape index (κ1) is 29.9. The van der Waals surface area contributed by atoms with Gasteiger partial charge in [-0.2, -0.15) is 0 Å². The molecule has 4 rings (SSSR count). The van der Waals surface area contributed by atoms with Crippen molar-refractivity contribution in [3.8, 4) is 10.4 Å². The van der Waals surface area contributed by atoms with Crippen LogP contribution < -0.4 is 15.5 Å². The predicted octanol–water partition coefficient (Wildman–Crippen LogP) is 6.47. The summed E-state index contributed by atoms with van der Waals surface area (Å²) in [5.41, 5.74) is 0.925. The molecule has 1 saturated heterocycles. The molecule has 3 amide bonds. The Morgan fingerprint density at radius 3 is 2.15 bits per heavy atom. The lowest BCUT2D eigenvalue weighted by atomic mass is 10.1. The third-order valence-corrected chi connectivity index (χ3v) is 6.89. The van der Waals surface area contributed by atoms with Gasteiger partial charge in [0, 0.05) is 37.3 Å². The summed E-state index contributed by atoms with van der Waals surface area (Å²) in [6.45, 7) is 13.1. The number of anilines is 3. The molecular weight excluding hydrogens is 542 g/mol. The van der Waals surface area contributed by atoms with E-state index in [2.05, 4.69) is 20.5 Å². The van der Waals surface area contributed by atoms with E-state index in [4.69, 9.17) is 9.47 Å². The van der Waals surface area contributed by atoms with Gasteiger partial charge >= 0.3 is 12.2 Å². The van der Waals surface area contributed by atoms with Crippen LogP contribution in [0, 0.1) is 0 Å². The molecule has 1 aromatic carbocycles. The van der Waals surface area contributed by atoms with Gasteiger partial charge in [0.05, 0.1) is 16.9 Å². The number of hydrogen-bond acceptors (Lipinski definition) is 8. The topological polar surface area (TPSA) is 113 Å². The quantitative estimate of drug-likeness (QED) is 0.356. The maximum atomic E-state index is 13.2. The number of carbonyl (C=O) groups excluding carboxylic acids is 3. The van der Waals surface area contributed by atoms with Crippen molar-refractivity contribution >= 4 is 46.6 Å². The molecule has 0 radical (unpaired) electrons. The standard InChI is InChI=1S/C30H37N5O5S/c1-29(2,3)39-27(37)33-22-11-9-20(24-8-7-17-41-24)18-23(22)32-26(36)21-10-12-25(31-19-21)34-13-15-35(16-14-34)28(38)40-30(4,5)6/h7-12,17-19H,13-16H2,1-6H3,(H,32,36)(H,33,37). The van der Waals surface area contributed by atoms with E-state index >= 15 is 0 Å². The Hall–Kier alpha value is -4.12. The first-order valence-corrected chi connectivity index (χ1v) is 14.3. The highest BCUT2D eigenvalue weighted by molar-refractivity contribution is 7.13. The van der Waals surface area contributed by atoms with E-state index in [0.29, 0.717) is 43.1 Å². The summed E-state index contributed by atoms with van der Waals surface area (Å²) in [4.78, 5) is 47.3. The van der Waals surface area contributed by atoms with Crippen molar-refractivity contribution in [2.24, 2.45) is 0 Å². The number of carbonyl (C=O) groups is 3. The van der Waals surface area contributed by atoms with Gasteiger partial charge in [0.1, 0.15) is 17.0 Å². The second kappa shape index (κ2) is 12.2. The van der Waals surface area contributed by atoms with Gasteiger partial charge in [-0.05, 0) is 82.8 Å². The number of aromatic nitrogens is 1. The molecule has 0 unspecified atom stereocenters. The Morgan fingerprint density at radius 2 is 1.56 bits per heavy atom. The minimum Gasteiger partial charge on any atom is -0.444 e. The number of ether oxygens (including phenoxy) is 2. The molecule has 0 aliphatic carbocycles. The fraction of sp³-hybridized carbons (Fsp3) is 0.400. The van der Waals surface area contributed by atoms with Crippen LogP contribution in [0.1, 0.15) is 51.9 Å². The summed E-state index contributed by atoms with van der Waals surface area (Å²) in [6, 6.07) is 12.9. The monoisotopic (exact) mass is 579 g/mol. The molecule has 0 atom stereocenters. The summed E-state index contributed by atoms with van der Waals surface area (Å²) < 4.78 is 10.9. The molecule has 1 fully saturated rings. The summed E-state index contributed by atoms with van der Waals surface area (Å²) in [7, 11) is 0. The smallest absolute Gasteiger partial charge is 0.412 e. The highest BCUT2D eigenvalue weighted by Crippen LogP contribution is 2.32. The Labute approximate surface area is 244 Å². The van der Waals surface area contributed by atoms with Gasteiger partial charge in [0.25, 0.3) is 5.91 Å². The third kappa shape index (κ3) is 8.43. The first-order chi connectivity index (χ1) is 19.3. The predicted molar refractivity (Wildman–Crippen MR) is 162 cm³/mol. The van der Waals surface area contributed by atoms with Crippen LogP contribution in [0.2, 0.25) is 0 Å². The van der Waals surface area contributed by atoms with E-state index in [1.807, 2.05) is 50.4 Å². The molecule has 0 saturated carbocycles. The third-order valence-electron chi connectivity index (χ3n) is 5.97. The zero-order chi connectivity index (χ0) is 29.8. The van der Waals surface area contributed by atoms with Crippen molar-refractivity contribution < 1.29 is 23.9 Å². The average Bonchev–Trinajstić information content (AvgIpc) is 3.43. The van der Waals surface area contributed by atoms with E-state index < -0.39 is 17.3 Å². The van der Waals surface area contributed by atoms with Gasteiger partial charge in [-0.3, -0.25) is 10.1 Å². The van der Waals surface area contributed by atoms with Gasteiger partial charge in [-0.25, -0.2) is 14.6 Å². The molecule has 1 aliphatic heterocycles. The normalized spacial score (nSPS) is 13.9. The molecule has 1 aliphatic rings. The van der Waals surface area contributed by atoms with Crippen LogP contribution >= 0.6 is 11.3 Å². The maximum absolute atomic E-state index is 13.2. The molecular formula is C30H37N5O5S. The fourth-order valence-electron chi connectivity index (χ4n) is 4.11. The molecule has 2 aromatic heterocycles. The number of hydrogen-bond donors (Lipinski definition) is 2. The molecule has 3 heterocycles.